The van der Waals surface area contributed by atoms with E-state index in [4.69, 9.17) is 9.47 Å². The van der Waals surface area contributed by atoms with Crippen LogP contribution in [0.4, 0.5) is 0 Å². The summed E-state index contributed by atoms with van der Waals surface area (Å²) in [5.74, 6) is 6.36. The van der Waals surface area contributed by atoms with E-state index in [0.717, 1.165) is 47.7 Å². The predicted molar refractivity (Wildman–Crippen MR) is 155 cm³/mol. The molecule has 0 aromatic heterocycles. The fourth-order valence-electron chi connectivity index (χ4n) is 9.73. The molecular weight excluding hydrogens is 452 g/mol. The molecule has 1 aromatic rings. The highest BCUT2D eigenvalue weighted by atomic mass is 16.5. The van der Waals surface area contributed by atoms with Crippen molar-refractivity contribution in [2.75, 3.05) is 7.11 Å². The van der Waals surface area contributed by atoms with Gasteiger partial charge in [-0.05, 0) is 115 Å². The number of hydrogen-bond donors (Lipinski definition) is 0. The highest BCUT2D eigenvalue weighted by molar-refractivity contribution is 5.27. The van der Waals surface area contributed by atoms with Crippen LogP contribution in [0.2, 0.25) is 0 Å². The lowest BCUT2D eigenvalue weighted by molar-refractivity contribution is -0.0656. The lowest BCUT2D eigenvalue weighted by Crippen LogP contribution is -2.51. The van der Waals surface area contributed by atoms with Gasteiger partial charge in [-0.2, -0.15) is 0 Å². The van der Waals surface area contributed by atoms with Gasteiger partial charge in [0.05, 0.1) is 19.8 Å². The van der Waals surface area contributed by atoms with Crippen molar-refractivity contribution in [3.05, 3.63) is 41.5 Å². The first-order chi connectivity index (χ1) is 17.7. The lowest BCUT2D eigenvalue weighted by atomic mass is 9.47. The SMILES string of the molecule is COc1ccc(CO[C@H]2CC[C@@]3(C)C(=CC[C@H]4[C@@H]5CC[C@H]([C@H](C)CCCC(C)C)[C@@]5(C)CC[C@@H]43)C2)cc1. The van der Waals surface area contributed by atoms with E-state index in [2.05, 4.69) is 52.8 Å². The minimum absolute atomic E-state index is 0.370. The summed E-state index contributed by atoms with van der Waals surface area (Å²) in [6, 6.07) is 8.35. The Morgan fingerprint density at radius 3 is 2.43 bits per heavy atom. The van der Waals surface area contributed by atoms with Gasteiger partial charge in [0, 0.05) is 0 Å². The fourth-order valence-corrected chi connectivity index (χ4v) is 9.73. The number of ether oxygens (including phenoxy) is 2. The maximum atomic E-state index is 6.46. The molecule has 3 saturated carbocycles. The predicted octanol–water partition coefficient (Wildman–Crippen LogP) is 9.62. The Kier molecular flexibility index (Phi) is 8.17. The van der Waals surface area contributed by atoms with Crippen molar-refractivity contribution < 1.29 is 9.47 Å². The summed E-state index contributed by atoms with van der Waals surface area (Å²) < 4.78 is 11.8. The Labute approximate surface area is 228 Å². The average molecular weight is 507 g/mol. The molecule has 2 heteroatoms. The molecule has 37 heavy (non-hydrogen) atoms. The Hall–Kier alpha value is -1.28. The third-order valence-electron chi connectivity index (χ3n) is 11.9. The zero-order valence-electron chi connectivity index (χ0n) is 24.7. The van der Waals surface area contributed by atoms with Crippen molar-refractivity contribution in [1.29, 1.82) is 0 Å². The van der Waals surface area contributed by atoms with Crippen LogP contribution in [0.3, 0.4) is 0 Å². The van der Waals surface area contributed by atoms with E-state index in [1.165, 1.54) is 69.8 Å². The van der Waals surface area contributed by atoms with Crippen LogP contribution in [0.15, 0.2) is 35.9 Å². The van der Waals surface area contributed by atoms with Crippen LogP contribution in [-0.4, -0.2) is 13.2 Å². The molecule has 3 fully saturated rings. The second-order valence-electron chi connectivity index (χ2n) is 14.3. The van der Waals surface area contributed by atoms with Crippen LogP contribution in [0.25, 0.3) is 0 Å². The number of methoxy groups -OCH3 is 1. The molecule has 5 rings (SSSR count). The molecular formula is C35H54O2. The van der Waals surface area contributed by atoms with Crippen LogP contribution in [0, 0.1) is 46.3 Å². The van der Waals surface area contributed by atoms with Crippen LogP contribution < -0.4 is 4.74 Å². The highest BCUT2D eigenvalue weighted by Gasteiger charge is 2.59. The topological polar surface area (TPSA) is 18.5 Å². The number of fused-ring (bicyclic) bond motifs is 5. The van der Waals surface area contributed by atoms with E-state index < -0.39 is 0 Å². The third kappa shape index (κ3) is 5.30. The first-order valence-electron chi connectivity index (χ1n) is 15.7. The van der Waals surface area contributed by atoms with Crippen molar-refractivity contribution in [2.24, 2.45) is 46.3 Å². The van der Waals surface area contributed by atoms with Gasteiger partial charge in [-0.15, -0.1) is 0 Å². The monoisotopic (exact) mass is 506 g/mol. The smallest absolute Gasteiger partial charge is 0.118 e. The van der Waals surface area contributed by atoms with Gasteiger partial charge in [0.25, 0.3) is 0 Å². The first kappa shape index (κ1) is 27.3. The molecule has 4 aliphatic carbocycles. The van der Waals surface area contributed by atoms with Gasteiger partial charge in [0.1, 0.15) is 5.75 Å². The molecule has 0 bridgehead atoms. The zero-order valence-corrected chi connectivity index (χ0v) is 24.7. The van der Waals surface area contributed by atoms with E-state index in [9.17, 15) is 0 Å². The molecule has 0 radical (unpaired) electrons. The van der Waals surface area contributed by atoms with Crippen LogP contribution in [-0.2, 0) is 11.3 Å². The number of hydrogen-bond acceptors (Lipinski definition) is 2. The second kappa shape index (κ2) is 11.1. The van der Waals surface area contributed by atoms with Crippen molar-refractivity contribution in [2.45, 2.75) is 118 Å². The maximum absolute atomic E-state index is 6.46. The first-order valence-corrected chi connectivity index (χ1v) is 15.7. The van der Waals surface area contributed by atoms with E-state index >= 15 is 0 Å². The molecule has 0 aliphatic heterocycles. The normalized spacial score (nSPS) is 37.9. The van der Waals surface area contributed by atoms with Crippen LogP contribution in [0.5, 0.6) is 5.75 Å². The molecule has 0 heterocycles. The van der Waals surface area contributed by atoms with Gasteiger partial charge in [0.2, 0.25) is 0 Å². The Morgan fingerprint density at radius 2 is 1.70 bits per heavy atom. The highest BCUT2D eigenvalue weighted by Crippen LogP contribution is 2.67. The van der Waals surface area contributed by atoms with Gasteiger partial charge < -0.3 is 9.47 Å². The second-order valence-corrected chi connectivity index (χ2v) is 14.3. The van der Waals surface area contributed by atoms with E-state index in [1.54, 1.807) is 12.7 Å². The number of benzene rings is 1. The molecule has 1 aromatic carbocycles. The van der Waals surface area contributed by atoms with Crippen LogP contribution in [0.1, 0.15) is 111 Å². The summed E-state index contributed by atoms with van der Waals surface area (Å²) >= 11 is 0. The van der Waals surface area contributed by atoms with Crippen molar-refractivity contribution in [1.82, 2.24) is 0 Å². The van der Waals surface area contributed by atoms with Gasteiger partial charge in [-0.1, -0.05) is 77.7 Å². The average Bonchev–Trinajstić information content (AvgIpc) is 3.24. The minimum Gasteiger partial charge on any atom is -0.497 e. The number of rotatable bonds is 9. The standard InChI is InChI=1S/C35H54O2/c1-24(2)8-7-9-25(3)31-16-17-32-30-15-12-27-22-29(37-23-26-10-13-28(36-6)14-11-26)18-20-34(27,4)33(30)19-21-35(31,32)5/h10-14,24-25,29-33H,7-9,15-23H2,1-6H3/t25-,29+,30+,31-,32+,33+,34+,35-/m1/s1. The summed E-state index contributed by atoms with van der Waals surface area (Å²) in [5.41, 5.74) is 3.97. The molecule has 8 atom stereocenters. The van der Waals surface area contributed by atoms with Gasteiger partial charge in [-0.3, -0.25) is 0 Å². The van der Waals surface area contributed by atoms with Crippen molar-refractivity contribution in [3.8, 4) is 5.75 Å². The third-order valence-corrected chi connectivity index (χ3v) is 11.9. The molecule has 0 amide bonds. The molecule has 0 spiro atoms. The Bertz CT molecular complexity index is 931. The van der Waals surface area contributed by atoms with Gasteiger partial charge >= 0.3 is 0 Å². The Morgan fingerprint density at radius 1 is 0.919 bits per heavy atom. The van der Waals surface area contributed by atoms with Crippen LogP contribution >= 0.6 is 0 Å². The molecule has 0 unspecified atom stereocenters. The van der Waals surface area contributed by atoms with E-state index in [1.807, 2.05) is 12.1 Å². The molecule has 0 saturated heterocycles. The van der Waals surface area contributed by atoms with Gasteiger partial charge in [-0.25, -0.2) is 0 Å². The summed E-state index contributed by atoms with van der Waals surface area (Å²) in [4.78, 5) is 0. The molecule has 4 aliphatic rings. The number of allylic oxidation sites excluding steroid dienone is 1. The summed E-state index contributed by atoms with van der Waals surface area (Å²) in [7, 11) is 1.72. The molecule has 0 N–H and O–H groups in total. The van der Waals surface area contributed by atoms with Gasteiger partial charge in [0.15, 0.2) is 0 Å². The summed E-state index contributed by atoms with van der Waals surface area (Å²) in [5, 5.41) is 0. The maximum Gasteiger partial charge on any atom is 0.118 e. The zero-order chi connectivity index (χ0) is 26.2. The van der Waals surface area contributed by atoms with E-state index in [-0.39, 0.29) is 0 Å². The lowest BCUT2D eigenvalue weighted by Gasteiger charge is -2.58. The van der Waals surface area contributed by atoms with E-state index in [0.29, 0.717) is 23.5 Å². The minimum atomic E-state index is 0.370. The van der Waals surface area contributed by atoms with Crippen molar-refractivity contribution in [3.63, 3.8) is 0 Å². The molecule has 2 nitrogen and oxygen atoms in total. The molecule has 206 valence electrons. The van der Waals surface area contributed by atoms with Crippen molar-refractivity contribution >= 4 is 0 Å². The summed E-state index contributed by atoms with van der Waals surface area (Å²) in [6.45, 7) is 13.4. The summed E-state index contributed by atoms with van der Waals surface area (Å²) in [6.07, 6.45) is 18.2. The quantitative estimate of drug-likeness (QED) is 0.310. The largest absolute Gasteiger partial charge is 0.497 e. The fraction of sp³-hybridized carbons (Fsp3) is 0.771. The Balaban J connectivity index is 1.22.